The fraction of sp³-hybridized carbons (Fsp3) is 0.440. The van der Waals surface area contributed by atoms with Crippen LogP contribution in [0.25, 0.3) is 0 Å². The van der Waals surface area contributed by atoms with Crippen LogP contribution in [0.3, 0.4) is 0 Å². The van der Waals surface area contributed by atoms with Crippen LogP contribution in [0.15, 0.2) is 48.5 Å². The van der Waals surface area contributed by atoms with Gasteiger partial charge >= 0.3 is 6.18 Å². The number of carbonyl (C=O) groups is 2. The maximum Gasteiger partial charge on any atom is 0.416 e. The van der Waals surface area contributed by atoms with Crippen LogP contribution in [0.4, 0.5) is 18.9 Å². The van der Waals surface area contributed by atoms with Crippen LogP contribution in [0.1, 0.15) is 60.0 Å². The number of rotatable bonds is 7. The van der Waals surface area contributed by atoms with E-state index in [4.69, 9.17) is 0 Å². The highest BCUT2D eigenvalue weighted by Gasteiger charge is 2.31. The summed E-state index contributed by atoms with van der Waals surface area (Å²) in [5.41, 5.74) is 0.575. The van der Waals surface area contributed by atoms with Crippen LogP contribution in [-0.4, -0.2) is 24.9 Å². The number of alkyl halides is 3. The molecular weight excluding hydrogens is 417 g/mol. The van der Waals surface area contributed by atoms with Crippen molar-refractivity contribution in [1.82, 2.24) is 5.32 Å². The van der Waals surface area contributed by atoms with Gasteiger partial charge in [0.2, 0.25) is 5.91 Å². The van der Waals surface area contributed by atoms with Crippen molar-refractivity contribution in [3.63, 3.8) is 0 Å². The summed E-state index contributed by atoms with van der Waals surface area (Å²) in [5.74, 6) is -0.293. The maximum absolute atomic E-state index is 13.3. The second-order valence-corrected chi connectivity index (χ2v) is 8.30. The van der Waals surface area contributed by atoms with E-state index in [1.54, 1.807) is 25.1 Å². The van der Waals surface area contributed by atoms with Gasteiger partial charge in [-0.15, -0.1) is 0 Å². The predicted molar refractivity (Wildman–Crippen MR) is 119 cm³/mol. The molecule has 0 aliphatic heterocycles. The van der Waals surface area contributed by atoms with Crippen molar-refractivity contribution in [3.05, 3.63) is 65.2 Å². The maximum atomic E-state index is 13.3. The number of halogens is 3. The molecule has 0 radical (unpaired) electrons. The molecule has 32 heavy (non-hydrogen) atoms. The molecule has 7 heteroatoms. The van der Waals surface area contributed by atoms with E-state index in [-0.39, 0.29) is 30.0 Å². The van der Waals surface area contributed by atoms with Crippen LogP contribution in [-0.2, 0) is 11.0 Å². The van der Waals surface area contributed by atoms with Gasteiger partial charge in [-0.3, -0.25) is 9.59 Å². The number of nitrogens with zero attached hydrogens (tertiary/aromatic N) is 1. The third-order valence-electron chi connectivity index (χ3n) is 5.94. The first-order chi connectivity index (χ1) is 15.3. The third kappa shape index (κ3) is 6.11. The Morgan fingerprint density at radius 1 is 1.03 bits per heavy atom. The van der Waals surface area contributed by atoms with Gasteiger partial charge in [0.1, 0.15) is 0 Å². The molecule has 0 atom stereocenters. The van der Waals surface area contributed by atoms with Gasteiger partial charge in [0.05, 0.1) is 5.56 Å². The molecular formula is C25H29F3N2O2. The quantitative estimate of drug-likeness (QED) is 0.551. The lowest BCUT2D eigenvalue weighted by Gasteiger charge is -2.25. The minimum absolute atomic E-state index is 0.0283. The van der Waals surface area contributed by atoms with Crippen LogP contribution >= 0.6 is 0 Å². The molecule has 0 spiro atoms. The first kappa shape index (κ1) is 23.8. The Labute approximate surface area is 186 Å². The Hall–Kier alpha value is -2.83. The summed E-state index contributed by atoms with van der Waals surface area (Å²) in [6.45, 7) is 2.35. The summed E-state index contributed by atoms with van der Waals surface area (Å²) in [4.78, 5) is 27.0. The molecule has 0 unspecified atom stereocenters. The second-order valence-electron chi connectivity index (χ2n) is 8.30. The van der Waals surface area contributed by atoms with E-state index in [1.165, 1.54) is 17.0 Å². The van der Waals surface area contributed by atoms with Gasteiger partial charge in [-0.2, -0.15) is 13.2 Å². The topological polar surface area (TPSA) is 49.4 Å². The summed E-state index contributed by atoms with van der Waals surface area (Å²) < 4.78 is 39.7. The highest BCUT2D eigenvalue weighted by Crippen LogP contribution is 2.32. The molecule has 1 fully saturated rings. The number of aryl methyl sites for hydroxylation is 1. The van der Waals surface area contributed by atoms with Crippen molar-refractivity contribution in [1.29, 1.82) is 0 Å². The first-order valence-corrected chi connectivity index (χ1v) is 11.1. The monoisotopic (exact) mass is 446 g/mol. The van der Waals surface area contributed by atoms with E-state index < -0.39 is 11.7 Å². The molecule has 0 heterocycles. The number of benzene rings is 2. The Bertz CT molecular complexity index is 937. The van der Waals surface area contributed by atoms with Crippen LogP contribution < -0.4 is 10.2 Å². The van der Waals surface area contributed by atoms with Crippen molar-refractivity contribution in [3.8, 4) is 0 Å². The van der Waals surface area contributed by atoms with Crippen molar-refractivity contribution < 1.29 is 22.8 Å². The molecule has 1 N–H and O–H groups in total. The number of nitrogens with one attached hydrogen (secondary N) is 1. The van der Waals surface area contributed by atoms with Crippen LogP contribution in [0, 0.1) is 12.8 Å². The molecule has 3 rings (SSSR count). The summed E-state index contributed by atoms with van der Waals surface area (Å²) in [6, 6.07) is 11.8. The molecule has 2 aromatic carbocycles. The first-order valence-electron chi connectivity index (χ1n) is 11.1. The number of hydrogen-bond acceptors (Lipinski definition) is 2. The molecule has 1 aliphatic carbocycles. The molecule has 4 nitrogen and oxygen atoms in total. The van der Waals surface area contributed by atoms with E-state index >= 15 is 0 Å². The molecule has 1 aliphatic rings. The van der Waals surface area contributed by atoms with E-state index in [1.807, 2.05) is 6.07 Å². The van der Waals surface area contributed by atoms with E-state index in [2.05, 4.69) is 5.32 Å². The fourth-order valence-electron chi connectivity index (χ4n) is 4.11. The van der Waals surface area contributed by atoms with Crippen molar-refractivity contribution in [2.75, 3.05) is 18.0 Å². The van der Waals surface area contributed by atoms with Gasteiger partial charge < -0.3 is 10.2 Å². The van der Waals surface area contributed by atoms with Crippen LogP contribution in [0.5, 0.6) is 0 Å². The zero-order chi connectivity index (χ0) is 23.1. The van der Waals surface area contributed by atoms with Gasteiger partial charge in [0, 0.05) is 30.3 Å². The molecule has 2 aromatic rings. The van der Waals surface area contributed by atoms with Crippen molar-refractivity contribution in [2.45, 2.75) is 51.6 Å². The lowest BCUT2D eigenvalue weighted by Crippen LogP contribution is -2.36. The average molecular weight is 447 g/mol. The molecule has 172 valence electrons. The van der Waals surface area contributed by atoms with E-state index in [9.17, 15) is 22.8 Å². The highest BCUT2D eigenvalue weighted by atomic mass is 19.4. The lowest BCUT2D eigenvalue weighted by atomic mass is 9.89. The highest BCUT2D eigenvalue weighted by molar-refractivity contribution is 6.07. The van der Waals surface area contributed by atoms with E-state index in [0.717, 1.165) is 49.8 Å². The largest absolute Gasteiger partial charge is 0.416 e. The molecule has 0 aromatic heterocycles. The molecule has 0 bridgehead atoms. The molecule has 0 saturated heterocycles. The number of hydrogen-bond donors (Lipinski definition) is 1. The fourth-order valence-corrected chi connectivity index (χ4v) is 4.11. The average Bonchev–Trinajstić information content (AvgIpc) is 2.79. The van der Waals surface area contributed by atoms with Gasteiger partial charge in [-0.05, 0) is 56.0 Å². The van der Waals surface area contributed by atoms with Gasteiger partial charge in [0.15, 0.2) is 0 Å². The minimum Gasteiger partial charge on any atom is -0.356 e. The number of amides is 2. The van der Waals surface area contributed by atoms with E-state index in [0.29, 0.717) is 18.5 Å². The summed E-state index contributed by atoms with van der Waals surface area (Å²) in [5, 5.41) is 2.93. The Balaban J connectivity index is 1.73. The normalized spacial score (nSPS) is 14.8. The van der Waals surface area contributed by atoms with Crippen LogP contribution in [0.2, 0.25) is 0 Å². The van der Waals surface area contributed by atoms with Crippen molar-refractivity contribution in [2.24, 2.45) is 5.92 Å². The summed E-state index contributed by atoms with van der Waals surface area (Å²) in [6.07, 6.45) is 1.02. The minimum atomic E-state index is -4.50. The Morgan fingerprint density at radius 2 is 1.75 bits per heavy atom. The zero-order valence-electron chi connectivity index (χ0n) is 18.3. The second kappa shape index (κ2) is 10.7. The van der Waals surface area contributed by atoms with Crippen molar-refractivity contribution >= 4 is 17.5 Å². The van der Waals surface area contributed by atoms with Gasteiger partial charge in [-0.1, -0.05) is 43.5 Å². The SMILES string of the molecule is Cc1ccccc1C(=O)N(CCCNC(=O)C1CCCCC1)c1cccc(C(F)(F)F)c1. The summed E-state index contributed by atoms with van der Waals surface area (Å²) in [7, 11) is 0. The standard InChI is InChI=1S/C25H29F3N2O2/c1-18-9-5-6-14-22(18)24(32)30(21-13-7-12-20(17-21)25(26,27)28)16-8-15-29-23(31)19-10-3-2-4-11-19/h5-7,9,12-14,17,19H,2-4,8,10-11,15-16H2,1H3,(H,29,31). The number of anilines is 1. The predicted octanol–water partition coefficient (Wildman–Crippen LogP) is 5.75. The third-order valence-corrected chi connectivity index (χ3v) is 5.94. The van der Waals surface area contributed by atoms with Gasteiger partial charge in [-0.25, -0.2) is 0 Å². The smallest absolute Gasteiger partial charge is 0.356 e. The summed E-state index contributed by atoms with van der Waals surface area (Å²) >= 11 is 0. The lowest BCUT2D eigenvalue weighted by molar-refractivity contribution is -0.137. The van der Waals surface area contributed by atoms with Gasteiger partial charge in [0.25, 0.3) is 5.91 Å². The zero-order valence-corrected chi connectivity index (χ0v) is 18.3. The Morgan fingerprint density at radius 3 is 2.44 bits per heavy atom. The molecule has 1 saturated carbocycles. The molecule has 2 amide bonds. The number of carbonyl (C=O) groups excluding carboxylic acids is 2. The Kier molecular flexibility index (Phi) is 7.94.